The van der Waals surface area contributed by atoms with Crippen LogP contribution >= 0.6 is 0 Å². The number of rotatable bonds is 26. The number of unbranched alkanes of at least 4 members (excludes halogenated alkanes) is 12. The largest absolute Gasteiger partial charge is 0.0654 e. The number of hydrogen-bond donors (Lipinski definition) is 0. The smallest absolute Gasteiger partial charge is 0.0274 e. The van der Waals surface area contributed by atoms with Crippen LogP contribution in [0.25, 0.3) is 0 Å². The van der Waals surface area contributed by atoms with Gasteiger partial charge in [0.05, 0.1) is 0 Å². The molecular formula is C38H70. The molecule has 0 spiro atoms. The van der Waals surface area contributed by atoms with Gasteiger partial charge in [-0.1, -0.05) is 168 Å². The van der Waals surface area contributed by atoms with Crippen molar-refractivity contribution in [3.63, 3.8) is 0 Å². The van der Waals surface area contributed by atoms with Gasteiger partial charge in [0.15, 0.2) is 0 Å². The third-order valence-corrected chi connectivity index (χ3v) is 9.30. The summed E-state index contributed by atoms with van der Waals surface area (Å²) in [5.41, 5.74) is 6.38. The maximum absolute atomic E-state index is 2.58. The molecule has 0 amide bonds. The van der Waals surface area contributed by atoms with Crippen molar-refractivity contribution in [3.05, 3.63) is 34.4 Å². The monoisotopic (exact) mass is 527 g/mol. The summed E-state index contributed by atoms with van der Waals surface area (Å²) in [6.45, 7) is 14.1. The molecule has 0 N–H and O–H groups in total. The molecular weight excluding hydrogens is 456 g/mol. The average molecular weight is 527 g/mol. The molecule has 38 heavy (non-hydrogen) atoms. The zero-order valence-electron chi connectivity index (χ0n) is 27.3. The van der Waals surface area contributed by atoms with Crippen molar-refractivity contribution in [1.29, 1.82) is 0 Å². The Hall–Kier alpha value is -0.780. The Labute approximate surface area is 241 Å². The molecule has 1 aromatic carbocycles. The minimum atomic E-state index is 0.935. The molecule has 0 unspecified atom stereocenters. The summed E-state index contributed by atoms with van der Waals surface area (Å²) in [5.74, 6) is 1.87. The van der Waals surface area contributed by atoms with Gasteiger partial charge in [-0.3, -0.25) is 0 Å². The van der Waals surface area contributed by atoms with Crippen LogP contribution in [0.5, 0.6) is 0 Å². The lowest BCUT2D eigenvalue weighted by molar-refractivity contribution is 0.382. The molecule has 0 aliphatic rings. The molecule has 0 atom stereocenters. The maximum atomic E-state index is 2.58. The molecule has 0 saturated heterocycles. The van der Waals surface area contributed by atoms with E-state index in [1.807, 2.05) is 0 Å². The van der Waals surface area contributed by atoms with Crippen LogP contribution in [-0.2, 0) is 12.8 Å². The van der Waals surface area contributed by atoms with Crippen LogP contribution in [0.4, 0.5) is 0 Å². The molecule has 0 radical (unpaired) electrons. The Morgan fingerprint density at radius 1 is 0.395 bits per heavy atom. The second-order valence-electron chi connectivity index (χ2n) is 12.9. The van der Waals surface area contributed by atoms with Crippen molar-refractivity contribution in [3.8, 4) is 0 Å². The van der Waals surface area contributed by atoms with Crippen LogP contribution in [0.15, 0.2) is 12.1 Å². The Morgan fingerprint density at radius 2 is 0.684 bits per heavy atom. The van der Waals surface area contributed by atoms with Crippen molar-refractivity contribution >= 4 is 0 Å². The zero-order chi connectivity index (χ0) is 27.8. The predicted molar refractivity (Wildman–Crippen MR) is 175 cm³/mol. The molecule has 0 bridgehead atoms. The van der Waals surface area contributed by atoms with Crippen LogP contribution in [0.2, 0.25) is 0 Å². The van der Waals surface area contributed by atoms with E-state index in [1.165, 1.54) is 154 Å². The van der Waals surface area contributed by atoms with Crippen molar-refractivity contribution in [2.45, 2.75) is 196 Å². The van der Waals surface area contributed by atoms with Crippen LogP contribution in [-0.4, -0.2) is 0 Å². The van der Waals surface area contributed by atoms with Crippen LogP contribution in [0.3, 0.4) is 0 Å². The zero-order valence-corrected chi connectivity index (χ0v) is 27.3. The van der Waals surface area contributed by atoms with E-state index >= 15 is 0 Å². The molecule has 1 aromatic rings. The van der Waals surface area contributed by atoms with E-state index in [-0.39, 0.29) is 0 Å². The van der Waals surface area contributed by atoms with Gasteiger partial charge in [-0.15, -0.1) is 0 Å². The minimum Gasteiger partial charge on any atom is -0.0654 e. The number of hydrogen-bond acceptors (Lipinski definition) is 0. The van der Waals surface area contributed by atoms with Crippen LogP contribution in [0.1, 0.15) is 191 Å². The highest BCUT2D eigenvalue weighted by molar-refractivity contribution is 5.37. The summed E-state index contributed by atoms with van der Waals surface area (Å²) < 4.78 is 0. The van der Waals surface area contributed by atoms with E-state index < -0.39 is 0 Å². The van der Waals surface area contributed by atoms with E-state index in [0.29, 0.717) is 0 Å². The van der Waals surface area contributed by atoms with Crippen molar-refractivity contribution in [2.24, 2.45) is 11.8 Å². The minimum absolute atomic E-state index is 0.935. The third kappa shape index (κ3) is 17.0. The fourth-order valence-electron chi connectivity index (χ4n) is 6.50. The highest BCUT2D eigenvalue weighted by Gasteiger charge is 2.13. The first kappa shape index (κ1) is 35.2. The summed E-state index contributed by atoms with van der Waals surface area (Å²) >= 11 is 0. The van der Waals surface area contributed by atoms with E-state index in [0.717, 1.165) is 11.8 Å². The van der Waals surface area contributed by atoms with Gasteiger partial charge in [0.25, 0.3) is 0 Å². The van der Waals surface area contributed by atoms with E-state index in [9.17, 15) is 0 Å². The van der Waals surface area contributed by atoms with E-state index in [1.54, 1.807) is 22.3 Å². The molecule has 0 aliphatic heterocycles. The number of benzene rings is 1. The van der Waals surface area contributed by atoms with Crippen molar-refractivity contribution < 1.29 is 0 Å². The average Bonchev–Trinajstić information content (AvgIpc) is 2.91. The van der Waals surface area contributed by atoms with Crippen molar-refractivity contribution in [1.82, 2.24) is 0 Å². The Balaban J connectivity index is 2.67. The Kier molecular flexibility index (Phi) is 22.3. The van der Waals surface area contributed by atoms with Gasteiger partial charge < -0.3 is 0 Å². The standard InChI is InChI=1S/C38H70/c1-7-11-15-19-23-35(24-20-16-12-8-2)27-29-37-31-34(6)38(32-33(37)5)30-28-36(25-21-17-13-9-3)26-22-18-14-10-4/h31-32,35-36H,7-30H2,1-6H3. The highest BCUT2D eigenvalue weighted by atomic mass is 14.2. The molecule has 0 heterocycles. The van der Waals surface area contributed by atoms with Crippen LogP contribution in [0, 0.1) is 25.7 Å². The van der Waals surface area contributed by atoms with Gasteiger partial charge >= 0.3 is 0 Å². The van der Waals surface area contributed by atoms with Gasteiger partial charge in [-0.2, -0.15) is 0 Å². The summed E-state index contributed by atoms with van der Waals surface area (Å²) in [6, 6.07) is 5.15. The van der Waals surface area contributed by atoms with Gasteiger partial charge in [-0.25, -0.2) is 0 Å². The maximum Gasteiger partial charge on any atom is -0.0274 e. The van der Waals surface area contributed by atoms with E-state index in [4.69, 9.17) is 0 Å². The topological polar surface area (TPSA) is 0 Å². The Morgan fingerprint density at radius 3 is 0.947 bits per heavy atom. The lowest BCUT2D eigenvalue weighted by Crippen LogP contribution is -2.06. The van der Waals surface area contributed by atoms with Crippen LogP contribution < -0.4 is 0 Å². The summed E-state index contributed by atoms with van der Waals surface area (Å²) in [4.78, 5) is 0. The summed E-state index contributed by atoms with van der Waals surface area (Å²) in [7, 11) is 0. The first-order chi connectivity index (χ1) is 18.5. The van der Waals surface area contributed by atoms with Crippen molar-refractivity contribution in [2.75, 3.05) is 0 Å². The lowest BCUT2D eigenvalue weighted by atomic mass is 9.86. The molecule has 0 heteroatoms. The third-order valence-electron chi connectivity index (χ3n) is 9.30. The number of aryl methyl sites for hydroxylation is 4. The first-order valence-corrected chi connectivity index (χ1v) is 17.6. The van der Waals surface area contributed by atoms with E-state index in [2.05, 4.69) is 53.7 Å². The highest BCUT2D eigenvalue weighted by Crippen LogP contribution is 2.28. The summed E-state index contributed by atoms with van der Waals surface area (Å²) in [5, 5.41) is 0. The fraction of sp³-hybridized carbons (Fsp3) is 0.842. The SMILES string of the molecule is CCCCCCC(CCCCCC)CCc1cc(C)c(CCC(CCCCCC)CCCCCC)cc1C. The molecule has 0 saturated carbocycles. The van der Waals surface area contributed by atoms with Gasteiger partial charge in [-0.05, 0) is 73.6 Å². The molecule has 0 nitrogen and oxygen atoms in total. The normalized spacial score (nSPS) is 11.8. The Bertz CT molecular complexity index is 574. The lowest BCUT2D eigenvalue weighted by Gasteiger charge is -2.20. The molecule has 222 valence electrons. The second kappa shape index (κ2) is 24.1. The van der Waals surface area contributed by atoms with Gasteiger partial charge in [0, 0.05) is 0 Å². The predicted octanol–water partition coefficient (Wildman–Crippen LogP) is 13.3. The fourth-order valence-corrected chi connectivity index (χ4v) is 6.50. The molecule has 1 rings (SSSR count). The summed E-state index contributed by atoms with van der Waals surface area (Å²) in [6.07, 6.45) is 33.8. The molecule has 0 aliphatic carbocycles. The quantitative estimate of drug-likeness (QED) is 0.105. The first-order valence-electron chi connectivity index (χ1n) is 17.6. The van der Waals surface area contributed by atoms with Gasteiger partial charge in [0.2, 0.25) is 0 Å². The molecule has 0 fully saturated rings. The molecule has 0 aromatic heterocycles. The second-order valence-corrected chi connectivity index (χ2v) is 12.9. The van der Waals surface area contributed by atoms with Gasteiger partial charge in [0.1, 0.15) is 0 Å².